The Bertz CT molecular complexity index is 1170. The van der Waals surface area contributed by atoms with Gasteiger partial charge < -0.3 is 41.6 Å². The van der Waals surface area contributed by atoms with E-state index in [4.69, 9.17) is 5.11 Å². The Balaban J connectivity index is 2.49. The van der Waals surface area contributed by atoms with E-state index in [1.807, 2.05) is 13.0 Å². The van der Waals surface area contributed by atoms with Gasteiger partial charge in [-0.3, -0.25) is 28.8 Å². The van der Waals surface area contributed by atoms with Gasteiger partial charge in [0.15, 0.2) is 0 Å². The third kappa shape index (κ3) is 16.6. The molecule has 0 heterocycles. The highest BCUT2D eigenvalue weighted by atomic mass is 16.4. The van der Waals surface area contributed by atoms with Crippen LogP contribution in [0.1, 0.15) is 73.7 Å². The van der Waals surface area contributed by atoms with Crippen molar-refractivity contribution in [2.45, 2.75) is 76.8 Å². The number of aryl methyl sites for hydroxylation is 1. The highest BCUT2D eigenvalue weighted by Crippen LogP contribution is 2.05. The Morgan fingerprint density at radius 3 is 2.09 bits per heavy atom. The number of amides is 5. The summed E-state index contributed by atoms with van der Waals surface area (Å²) in [6, 6.07) is 4.48. The molecule has 242 valence electrons. The Morgan fingerprint density at radius 2 is 1.45 bits per heavy atom. The number of benzene rings is 1. The molecule has 2 unspecified atom stereocenters. The number of carboxylic acid groups (broad SMARTS) is 2. The van der Waals surface area contributed by atoms with E-state index in [1.54, 1.807) is 18.2 Å². The lowest BCUT2D eigenvalue weighted by Crippen LogP contribution is -2.52. The van der Waals surface area contributed by atoms with Crippen molar-refractivity contribution in [3.05, 3.63) is 35.4 Å². The average Bonchev–Trinajstić information content (AvgIpc) is 2.98. The number of carbonyl (C=O) groups is 8. The molecule has 0 radical (unpaired) electrons. The largest absolute Gasteiger partial charge is 0.481 e. The second-order valence-electron chi connectivity index (χ2n) is 10.0. The first kappa shape index (κ1) is 37.2. The standard InChI is InChI=1S/C29H41N5O10/c1-19-8-7-9-20(16-19)27(41)30-14-5-4-10-22(29(43)44)34-25(38)18-32-28(42)21(12-13-26(39)40)33-24(37)17-31-23(36)11-3-2-6-15-35/h7-9,15-16,21-22H,2-6,10-14,17-18H2,1H3,(H,30,41)(H,31,36)(H,32,42)(H,33,37)(H,34,38)(H,39,40)(H,43,44). The summed E-state index contributed by atoms with van der Waals surface area (Å²) in [5, 5.41) is 30.4. The number of unbranched alkanes of at least 4 members (excludes halogenated alkanes) is 3. The zero-order valence-corrected chi connectivity index (χ0v) is 24.7. The lowest BCUT2D eigenvalue weighted by Gasteiger charge is -2.19. The molecule has 44 heavy (non-hydrogen) atoms. The summed E-state index contributed by atoms with van der Waals surface area (Å²) in [6.07, 6.45) is 2.25. The summed E-state index contributed by atoms with van der Waals surface area (Å²) in [6.45, 7) is 1.06. The molecule has 0 aromatic heterocycles. The van der Waals surface area contributed by atoms with Gasteiger partial charge >= 0.3 is 11.9 Å². The summed E-state index contributed by atoms with van der Waals surface area (Å²) in [5.74, 6) is -5.65. The molecule has 0 aliphatic carbocycles. The molecule has 0 saturated heterocycles. The maximum absolute atomic E-state index is 12.6. The molecule has 0 bridgehead atoms. The van der Waals surface area contributed by atoms with Gasteiger partial charge in [-0.05, 0) is 57.6 Å². The van der Waals surface area contributed by atoms with Crippen molar-refractivity contribution in [2.24, 2.45) is 0 Å². The third-order valence-electron chi connectivity index (χ3n) is 6.26. The van der Waals surface area contributed by atoms with Crippen molar-refractivity contribution in [2.75, 3.05) is 19.6 Å². The van der Waals surface area contributed by atoms with Crippen LogP contribution in [0, 0.1) is 6.92 Å². The second kappa shape index (κ2) is 21.0. The lowest BCUT2D eigenvalue weighted by molar-refractivity contribution is -0.142. The number of carbonyl (C=O) groups excluding carboxylic acids is 6. The van der Waals surface area contributed by atoms with Crippen molar-refractivity contribution in [1.29, 1.82) is 0 Å². The number of aldehydes is 1. The number of rotatable bonds is 22. The first-order chi connectivity index (χ1) is 20.9. The zero-order valence-electron chi connectivity index (χ0n) is 24.7. The Labute approximate surface area is 254 Å². The monoisotopic (exact) mass is 619 g/mol. The molecule has 2 atom stereocenters. The number of aliphatic carboxylic acids is 2. The minimum atomic E-state index is -1.33. The van der Waals surface area contributed by atoms with Gasteiger partial charge in [-0.1, -0.05) is 17.7 Å². The molecular formula is C29H41N5O10. The van der Waals surface area contributed by atoms with Crippen molar-refractivity contribution in [3.63, 3.8) is 0 Å². The Kier molecular flexibility index (Phi) is 17.7. The van der Waals surface area contributed by atoms with Crippen molar-refractivity contribution < 1.29 is 48.6 Å². The molecular weight excluding hydrogens is 578 g/mol. The quantitative estimate of drug-likeness (QED) is 0.0667. The molecule has 15 nitrogen and oxygen atoms in total. The van der Waals surface area contributed by atoms with E-state index in [0.717, 1.165) is 11.8 Å². The molecule has 0 saturated carbocycles. The van der Waals surface area contributed by atoms with Crippen LogP contribution in [0.3, 0.4) is 0 Å². The van der Waals surface area contributed by atoms with Crippen LogP contribution in [-0.2, 0) is 33.6 Å². The Morgan fingerprint density at radius 1 is 0.773 bits per heavy atom. The molecule has 0 spiro atoms. The van der Waals surface area contributed by atoms with Crippen LogP contribution in [-0.4, -0.2) is 89.7 Å². The molecule has 5 amide bonds. The molecule has 1 aromatic rings. The van der Waals surface area contributed by atoms with E-state index in [2.05, 4.69) is 26.6 Å². The van der Waals surface area contributed by atoms with Crippen LogP contribution in [0.5, 0.6) is 0 Å². The summed E-state index contributed by atoms with van der Waals surface area (Å²) in [5.41, 5.74) is 1.45. The van der Waals surface area contributed by atoms with Gasteiger partial charge in [0.1, 0.15) is 18.4 Å². The van der Waals surface area contributed by atoms with Gasteiger partial charge in [-0.2, -0.15) is 0 Å². The fraction of sp³-hybridized carbons (Fsp3) is 0.517. The second-order valence-corrected chi connectivity index (χ2v) is 10.0. The normalized spacial score (nSPS) is 11.8. The van der Waals surface area contributed by atoms with Crippen molar-refractivity contribution in [1.82, 2.24) is 26.6 Å². The van der Waals surface area contributed by atoms with Gasteiger partial charge in [0.05, 0.1) is 13.1 Å². The lowest BCUT2D eigenvalue weighted by atomic mass is 10.1. The first-order valence-electron chi connectivity index (χ1n) is 14.3. The van der Waals surface area contributed by atoms with Crippen LogP contribution < -0.4 is 26.6 Å². The number of hydrogen-bond acceptors (Lipinski definition) is 8. The van der Waals surface area contributed by atoms with Gasteiger partial charge in [0.2, 0.25) is 23.6 Å². The van der Waals surface area contributed by atoms with E-state index in [0.29, 0.717) is 44.2 Å². The molecule has 0 aliphatic heterocycles. The fourth-order valence-corrected chi connectivity index (χ4v) is 3.92. The predicted molar refractivity (Wildman–Crippen MR) is 156 cm³/mol. The number of hydrogen-bond donors (Lipinski definition) is 7. The van der Waals surface area contributed by atoms with Crippen LogP contribution in [0.2, 0.25) is 0 Å². The topological polar surface area (TPSA) is 237 Å². The number of carboxylic acids is 2. The van der Waals surface area contributed by atoms with Crippen LogP contribution >= 0.6 is 0 Å². The molecule has 0 aliphatic rings. The molecule has 1 aromatic carbocycles. The summed E-state index contributed by atoms with van der Waals surface area (Å²) in [7, 11) is 0. The number of nitrogens with one attached hydrogen (secondary N) is 5. The predicted octanol–water partition coefficient (Wildman–Crippen LogP) is -0.194. The van der Waals surface area contributed by atoms with E-state index >= 15 is 0 Å². The molecule has 0 fully saturated rings. The smallest absolute Gasteiger partial charge is 0.326 e. The maximum Gasteiger partial charge on any atom is 0.326 e. The maximum atomic E-state index is 12.6. The highest BCUT2D eigenvalue weighted by molar-refractivity contribution is 5.94. The minimum absolute atomic E-state index is 0.0649. The average molecular weight is 620 g/mol. The van der Waals surface area contributed by atoms with E-state index in [9.17, 15) is 43.5 Å². The molecule has 7 N–H and O–H groups in total. The molecule has 15 heteroatoms. The zero-order chi connectivity index (χ0) is 32.9. The highest BCUT2D eigenvalue weighted by Gasteiger charge is 2.24. The fourth-order valence-electron chi connectivity index (χ4n) is 3.92. The van der Waals surface area contributed by atoms with Gasteiger partial charge in [0.25, 0.3) is 5.91 Å². The summed E-state index contributed by atoms with van der Waals surface area (Å²) >= 11 is 0. The van der Waals surface area contributed by atoms with Crippen LogP contribution in [0.25, 0.3) is 0 Å². The van der Waals surface area contributed by atoms with Crippen molar-refractivity contribution in [3.8, 4) is 0 Å². The Hall–Kier alpha value is -4.82. The van der Waals surface area contributed by atoms with E-state index in [1.165, 1.54) is 0 Å². The van der Waals surface area contributed by atoms with Crippen LogP contribution in [0.4, 0.5) is 0 Å². The van der Waals surface area contributed by atoms with E-state index < -0.39 is 67.2 Å². The van der Waals surface area contributed by atoms with Crippen LogP contribution in [0.15, 0.2) is 24.3 Å². The van der Waals surface area contributed by atoms with Gasteiger partial charge in [-0.15, -0.1) is 0 Å². The van der Waals surface area contributed by atoms with Gasteiger partial charge in [0, 0.05) is 31.4 Å². The van der Waals surface area contributed by atoms with Crippen molar-refractivity contribution >= 4 is 47.8 Å². The summed E-state index contributed by atoms with van der Waals surface area (Å²) in [4.78, 5) is 94.1. The van der Waals surface area contributed by atoms with Gasteiger partial charge in [-0.25, -0.2) is 4.79 Å². The molecule has 1 rings (SSSR count). The third-order valence-corrected chi connectivity index (χ3v) is 6.26. The SMILES string of the molecule is Cc1cccc(C(=O)NCCCCC(NC(=O)CNC(=O)C(CCC(=O)O)NC(=O)CNC(=O)CCCCC=O)C(=O)O)c1. The first-order valence-corrected chi connectivity index (χ1v) is 14.3. The summed E-state index contributed by atoms with van der Waals surface area (Å²) < 4.78 is 0. The van der Waals surface area contributed by atoms with E-state index in [-0.39, 0.29) is 25.2 Å². The minimum Gasteiger partial charge on any atom is -0.481 e.